The number of urea groups is 1. The van der Waals surface area contributed by atoms with Gasteiger partial charge in [0.15, 0.2) is 5.75 Å². The van der Waals surface area contributed by atoms with Crippen molar-refractivity contribution in [2.24, 2.45) is 0 Å². The van der Waals surface area contributed by atoms with Crippen LogP contribution in [0.2, 0.25) is 10.0 Å². The van der Waals surface area contributed by atoms with Crippen LogP contribution >= 0.6 is 23.2 Å². The molecule has 0 unspecified atom stereocenters. The average Bonchev–Trinajstić information content (AvgIpc) is 2.83. The van der Waals surface area contributed by atoms with Gasteiger partial charge in [0, 0.05) is 31.8 Å². The van der Waals surface area contributed by atoms with Crippen LogP contribution in [0.25, 0.3) is 0 Å². The molecule has 3 aromatic rings. The number of nitrogens with zero attached hydrogens (tertiary/aromatic N) is 4. The first kappa shape index (κ1) is 24.4. The van der Waals surface area contributed by atoms with Crippen LogP contribution in [-0.2, 0) is 11.3 Å². The van der Waals surface area contributed by atoms with Gasteiger partial charge in [-0.05, 0) is 12.1 Å². The highest BCUT2D eigenvalue weighted by Gasteiger charge is 2.35. The van der Waals surface area contributed by atoms with Gasteiger partial charge >= 0.3 is 12.0 Å². The van der Waals surface area contributed by atoms with Crippen molar-refractivity contribution in [3.05, 3.63) is 52.1 Å². The molecule has 2 aromatic carbocycles. The number of para-hydroxylation sites is 2. The summed E-state index contributed by atoms with van der Waals surface area (Å²) in [5, 5.41) is 3.02. The number of anilines is 3. The molecule has 1 aromatic heterocycles. The normalized spacial score (nSPS) is 12.8. The number of hydrogen-bond acceptors (Lipinski definition) is 7. The maximum atomic E-state index is 13.3. The van der Waals surface area contributed by atoms with Gasteiger partial charge in [-0.2, -0.15) is 4.98 Å². The Morgan fingerprint density at radius 3 is 2.37 bits per heavy atom. The standard InChI is InChI=1S/C23H21Cl2N5O5/c1-12(31)27-14-7-5-6-8-15(14)35-22-26-10-13-11-30(23(32)29(2)21(13)28-22)20-18(24)16(33-3)9-17(34-4)19(20)25/h5-10H,11H2,1-4H3,(H,27,31). The third kappa shape index (κ3) is 4.62. The Labute approximate surface area is 211 Å². The van der Waals surface area contributed by atoms with E-state index in [1.807, 2.05) is 0 Å². The first-order valence-corrected chi connectivity index (χ1v) is 11.1. The van der Waals surface area contributed by atoms with Crippen LogP contribution in [0.4, 0.5) is 22.0 Å². The zero-order valence-corrected chi connectivity index (χ0v) is 20.8. The summed E-state index contributed by atoms with van der Waals surface area (Å²) < 4.78 is 16.5. The predicted octanol–water partition coefficient (Wildman–Crippen LogP) is 5.13. The van der Waals surface area contributed by atoms with Gasteiger partial charge in [0.1, 0.15) is 27.4 Å². The van der Waals surface area contributed by atoms with E-state index in [9.17, 15) is 9.59 Å². The van der Waals surface area contributed by atoms with Crippen LogP contribution in [0.15, 0.2) is 36.5 Å². The van der Waals surface area contributed by atoms with Gasteiger partial charge in [-0.15, -0.1) is 0 Å². The van der Waals surface area contributed by atoms with Crippen molar-refractivity contribution in [2.45, 2.75) is 13.5 Å². The molecule has 35 heavy (non-hydrogen) atoms. The molecule has 0 saturated carbocycles. The van der Waals surface area contributed by atoms with E-state index in [4.69, 9.17) is 37.4 Å². The number of halogens is 2. The molecule has 0 aliphatic carbocycles. The molecule has 10 nitrogen and oxygen atoms in total. The Hall–Kier alpha value is -3.76. The molecular weight excluding hydrogens is 497 g/mol. The van der Waals surface area contributed by atoms with Gasteiger partial charge in [-0.25, -0.2) is 9.78 Å². The quantitative estimate of drug-likeness (QED) is 0.483. The number of methoxy groups -OCH3 is 2. The van der Waals surface area contributed by atoms with E-state index in [2.05, 4.69) is 15.3 Å². The van der Waals surface area contributed by atoms with Crippen molar-refractivity contribution in [3.8, 4) is 23.3 Å². The lowest BCUT2D eigenvalue weighted by molar-refractivity contribution is -0.114. The summed E-state index contributed by atoms with van der Waals surface area (Å²) in [6, 6.07) is 8.00. The van der Waals surface area contributed by atoms with Crippen LogP contribution in [0.5, 0.6) is 23.3 Å². The molecule has 0 bridgehead atoms. The lowest BCUT2D eigenvalue weighted by atomic mass is 10.2. The highest BCUT2D eigenvalue weighted by atomic mass is 35.5. The molecule has 1 N–H and O–H groups in total. The summed E-state index contributed by atoms with van der Waals surface area (Å²) in [5.74, 6) is 1.08. The minimum atomic E-state index is -0.431. The van der Waals surface area contributed by atoms with Crippen LogP contribution in [0.1, 0.15) is 12.5 Å². The molecule has 182 valence electrons. The smallest absolute Gasteiger partial charge is 0.330 e. The molecule has 0 saturated heterocycles. The second kappa shape index (κ2) is 9.85. The highest BCUT2D eigenvalue weighted by Crippen LogP contribution is 2.47. The summed E-state index contributed by atoms with van der Waals surface area (Å²) in [5.41, 5.74) is 1.34. The molecule has 4 rings (SSSR count). The number of aromatic nitrogens is 2. The van der Waals surface area contributed by atoms with E-state index >= 15 is 0 Å². The number of carbonyl (C=O) groups is 2. The lowest BCUT2D eigenvalue weighted by Crippen LogP contribution is -2.46. The summed E-state index contributed by atoms with van der Waals surface area (Å²) in [7, 11) is 4.48. The van der Waals surface area contributed by atoms with E-state index < -0.39 is 6.03 Å². The Balaban J connectivity index is 1.69. The van der Waals surface area contributed by atoms with Gasteiger partial charge in [-0.3, -0.25) is 14.6 Å². The minimum Gasteiger partial charge on any atom is -0.495 e. The highest BCUT2D eigenvalue weighted by molar-refractivity contribution is 6.42. The predicted molar refractivity (Wildman–Crippen MR) is 132 cm³/mol. The zero-order chi connectivity index (χ0) is 25.3. The third-order valence-electron chi connectivity index (χ3n) is 5.20. The first-order valence-electron chi connectivity index (χ1n) is 10.3. The van der Waals surface area contributed by atoms with Gasteiger partial charge in [-0.1, -0.05) is 35.3 Å². The number of ether oxygens (including phenoxy) is 3. The third-order valence-corrected chi connectivity index (χ3v) is 5.93. The van der Waals surface area contributed by atoms with Gasteiger partial charge in [0.2, 0.25) is 5.91 Å². The fourth-order valence-corrected chi connectivity index (χ4v) is 4.28. The second-order valence-corrected chi connectivity index (χ2v) is 8.22. The average molecular weight is 518 g/mol. The Bertz CT molecular complexity index is 1290. The van der Waals surface area contributed by atoms with Crippen molar-refractivity contribution in [3.63, 3.8) is 0 Å². The minimum absolute atomic E-state index is 0.00812. The SMILES string of the molecule is COc1cc(OC)c(Cl)c(N2Cc3cnc(Oc4ccccc4NC(C)=O)nc3N(C)C2=O)c1Cl. The number of amides is 3. The molecule has 0 spiro atoms. The molecule has 3 amide bonds. The number of hydrogen-bond donors (Lipinski definition) is 1. The number of fused-ring (bicyclic) bond motifs is 1. The van der Waals surface area contributed by atoms with Crippen LogP contribution < -0.4 is 29.3 Å². The van der Waals surface area contributed by atoms with Crippen molar-refractivity contribution >= 4 is 52.3 Å². The zero-order valence-electron chi connectivity index (χ0n) is 19.3. The lowest BCUT2D eigenvalue weighted by Gasteiger charge is -2.35. The fourth-order valence-electron chi connectivity index (χ4n) is 3.57. The van der Waals surface area contributed by atoms with Crippen molar-refractivity contribution < 1.29 is 23.8 Å². The van der Waals surface area contributed by atoms with E-state index in [1.54, 1.807) is 43.6 Å². The molecule has 1 aliphatic rings. The first-order chi connectivity index (χ1) is 16.7. The summed E-state index contributed by atoms with van der Waals surface area (Å²) in [4.78, 5) is 36.3. The number of benzene rings is 2. The van der Waals surface area contributed by atoms with E-state index in [0.717, 1.165) is 0 Å². The van der Waals surface area contributed by atoms with Crippen LogP contribution in [0, 0.1) is 0 Å². The molecule has 0 fully saturated rings. The Morgan fingerprint density at radius 2 is 1.74 bits per heavy atom. The van der Waals surface area contributed by atoms with E-state index in [0.29, 0.717) is 34.3 Å². The van der Waals surface area contributed by atoms with Gasteiger partial charge < -0.3 is 19.5 Å². The second-order valence-electron chi connectivity index (χ2n) is 7.47. The largest absolute Gasteiger partial charge is 0.495 e. The summed E-state index contributed by atoms with van der Waals surface area (Å²) >= 11 is 13.0. The topological polar surface area (TPSA) is 106 Å². The summed E-state index contributed by atoms with van der Waals surface area (Å²) in [6.07, 6.45) is 1.55. The van der Waals surface area contributed by atoms with E-state index in [-0.39, 0.29) is 34.2 Å². The van der Waals surface area contributed by atoms with Crippen LogP contribution in [-0.4, -0.2) is 43.2 Å². The van der Waals surface area contributed by atoms with Gasteiger partial charge in [0.05, 0.1) is 32.1 Å². The molecule has 1 aliphatic heterocycles. The molecular formula is C23H21Cl2N5O5. The van der Waals surface area contributed by atoms with Crippen molar-refractivity contribution in [1.82, 2.24) is 9.97 Å². The Kier molecular flexibility index (Phi) is 6.86. The molecule has 12 heteroatoms. The van der Waals surface area contributed by atoms with Gasteiger partial charge in [0.25, 0.3) is 0 Å². The number of rotatable bonds is 6. The maximum absolute atomic E-state index is 13.3. The maximum Gasteiger partial charge on any atom is 0.330 e. The van der Waals surface area contributed by atoms with Crippen molar-refractivity contribution in [1.29, 1.82) is 0 Å². The number of nitrogens with one attached hydrogen (secondary N) is 1. The van der Waals surface area contributed by atoms with Crippen molar-refractivity contribution in [2.75, 3.05) is 36.4 Å². The molecule has 2 heterocycles. The van der Waals surface area contributed by atoms with E-state index in [1.165, 1.54) is 30.9 Å². The van der Waals surface area contributed by atoms with Crippen LogP contribution in [0.3, 0.4) is 0 Å². The Morgan fingerprint density at radius 1 is 1.09 bits per heavy atom. The number of carbonyl (C=O) groups excluding carboxylic acids is 2. The monoisotopic (exact) mass is 517 g/mol. The molecule has 0 radical (unpaired) electrons. The molecule has 0 atom stereocenters. The summed E-state index contributed by atoms with van der Waals surface area (Å²) in [6.45, 7) is 1.49. The fraction of sp³-hybridized carbons (Fsp3) is 0.217.